The molecule has 1 aliphatic heterocycles. The van der Waals surface area contributed by atoms with E-state index >= 15 is 0 Å². The summed E-state index contributed by atoms with van der Waals surface area (Å²) in [6.45, 7) is 3.94. The van der Waals surface area contributed by atoms with Crippen LogP contribution in [-0.2, 0) is 0 Å². The second-order valence-electron chi connectivity index (χ2n) is 6.16. The molecule has 1 N–H and O–H groups in total. The van der Waals surface area contributed by atoms with Crippen LogP contribution in [0.1, 0.15) is 18.4 Å². The lowest BCUT2D eigenvalue weighted by Crippen LogP contribution is -2.34. The number of rotatable bonds is 2. The molecule has 0 bridgehead atoms. The topological polar surface area (TPSA) is 51.5 Å². The SMILES string of the molecule is Cc1ccc2c(c1)oc(=O)c1cc(OC3CCNCC3)ccc12. The Labute approximate surface area is 134 Å². The first kappa shape index (κ1) is 14.3. The van der Waals surface area contributed by atoms with Gasteiger partial charge in [0, 0.05) is 10.8 Å². The summed E-state index contributed by atoms with van der Waals surface area (Å²) in [7, 11) is 0. The fourth-order valence-electron chi connectivity index (χ4n) is 3.20. The normalized spacial score (nSPS) is 16.0. The Bertz CT molecular complexity index is 923. The van der Waals surface area contributed by atoms with Crippen molar-refractivity contribution in [1.29, 1.82) is 0 Å². The zero-order chi connectivity index (χ0) is 15.8. The van der Waals surface area contributed by atoms with E-state index in [4.69, 9.17) is 9.15 Å². The Morgan fingerprint density at radius 3 is 2.65 bits per heavy atom. The van der Waals surface area contributed by atoms with E-state index in [9.17, 15) is 4.79 Å². The summed E-state index contributed by atoms with van der Waals surface area (Å²) in [5.74, 6) is 0.739. The lowest BCUT2D eigenvalue weighted by Gasteiger charge is -2.23. The standard InChI is InChI=1S/C19H19NO3/c1-12-2-4-16-15-5-3-14(22-13-6-8-20-9-7-13)11-17(15)19(21)23-18(16)10-12/h2-5,10-11,13,20H,6-9H2,1H3. The maximum atomic E-state index is 12.3. The first-order valence-electron chi connectivity index (χ1n) is 8.05. The Morgan fingerprint density at radius 2 is 1.83 bits per heavy atom. The molecule has 0 unspecified atom stereocenters. The second kappa shape index (κ2) is 5.70. The molecule has 1 aliphatic rings. The highest BCUT2D eigenvalue weighted by atomic mass is 16.5. The molecule has 0 aliphatic carbocycles. The van der Waals surface area contributed by atoms with Gasteiger partial charge in [-0.1, -0.05) is 12.1 Å². The van der Waals surface area contributed by atoms with Gasteiger partial charge in [-0.2, -0.15) is 0 Å². The first-order chi connectivity index (χ1) is 11.2. The minimum atomic E-state index is -0.311. The van der Waals surface area contributed by atoms with E-state index in [2.05, 4.69) is 5.32 Å². The first-order valence-corrected chi connectivity index (χ1v) is 8.05. The molecule has 0 saturated carbocycles. The molecular weight excluding hydrogens is 290 g/mol. The predicted octanol–water partition coefficient (Wildman–Crippen LogP) is 3.39. The van der Waals surface area contributed by atoms with Crippen LogP contribution in [0.15, 0.2) is 45.6 Å². The van der Waals surface area contributed by atoms with Crippen LogP contribution in [0, 0.1) is 6.92 Å². The van der Waals surface area contributed by atoms with E-state index < -0.39 is 0 Å². The van der Waals surface area contributed by atoms with Crippen molar-refractivity contribution in [3.63, 3.8) is 0 Å². The highest BCUT2D eigenvalue weighted by molar-refractivity contribution is 6.04. The molecule has 1 saturated heterocycles. The van der Waals surface area contributed by atoms with E-state index in [1.165, 1.54) is 0 Å². The van der Waals surface area contributed by atoms with Crippen molar-refractivity contribution in [1.82, 2.24) is 5.32 Å². The van der Waals surface area contributed by atoms with E-state index in [1.54, 1.807) is 0 Å². The molecule has 118 valence electrons. The summed E-state index contributed by atoms with van der Waals surface area (Å²) in [4.78, 5) is 12.3. The third-order valence-electron chi connectivity index (χ3n) is 4.43. The van der Waals surface area contributed by atoms with Gasteiger partial charge >= 0.3 is 5.63 Å². The number of ether oxygens (including phenoxy) is 1. The van der Waals surface area contributed by atoms with Crippen LogP contribution < -0.4 is 15.7 Å². The number of benzene rings is 2. The summed E-state index contributed by atoms with van der Waals surface area (Å²) in [6, 6.07) is 11.6. The zero-order valence-electron chi connectivity index (χ0n) is 13.1. The molecule has 1 fully saturated rings. The lowest BCUT2D eigenvalue weighted by molar-refractivity contribution is 0.162. The van der Waals surface area contributed by atoms with Gasteiger partial charge < -0.3 is 14.5 Å². The molecule has 2 aromatic carbocycles. The predicted molar refractivity (Wildman–Crippen MR) is 91.2 cm³/mol. The summed E-state index contributed by atoms with van der Waals surface area (Å²) in [6.07, 6.45) is 2.19. The van der Waals surface area contributed by atoms with Crippen molar-refractivity contribution in [3.05, 3.63) is 52.4 Å². The molecule has 0 amide bonds. The largest absolute Gasteiger partial charge is 0.490 e. The number of fused-ring (bicyclic) bond motifs is 3. The Balaban J connectivity index is 1.79. The zero-order valence-corrected chi connectivity index (χ0v) is 13.1. The number of hydrogen-bond donors (Lipinski definition) is 1. The molecule has 3 aromatic rings. The van der Waals surface area contributed by atoms with Crippen LogP contribution in [0.3, 0.4) is 0 Å². The van der Waals surface area contributed by atoms with Gasteiger partial charge in [-0.05, 0) is 62.7 Å². The molecule has 23 heavy (non-hydrogen) atoms. The van der Waals surface area contributed by atoms with Gasteiger partial charge in [-0.15, -0.1) is 0 Å². The number of nitrogens with one attached hydrogen (secondary N) is 1. The van der Waals surface area contributed by atoms with E-state index in [0.717, 1.165) is 48.0 Å². The van der Waals surface area contributed by atoms with Crippen LogP contribution in [0.2, 0.25) is 0 Å². The van der Waals surface area contributed by atoms with Crippen molar-refractivity contribution in [2.45, 2.75) is 25.9 Å². The molecule has 0 radical (unpaired) electrons. The van der Waals surface area contributed by atoms with Crippen molar-refractivity contribution < 1.29 is 9.15 Å². The van der Waals surface area contributed by atoms with E-state index in [0.29, 0.717) is 11.0 Å². The van der Waals surface area contributed by atoms with Crippen LogP contribution in [0.5, 0.6) is 5.75 Å². The van der Waals surface area contributed by atoms with Crippen molar-refractivity contribution in [2.75, 3.05) is 13.1 Å². The third kappa shape index (κ3) is 2.70. The molecule has 1 aromatic heterocycles. The Hall–Kier alpha value is -2.33. The average Bonchev–Trinajstić information content (AvgIpc) is 2.56. The summed E-state index contributed by atoms with van der Waals surface area (Å²) in [5.41, 5.74) is 1.40. The van der Waals surface area contributed by atoms with Gasteiger partial charge in [0.1, 0.15) is 17.4 Å². The number of hydrogen-bond acceptors (Lipinski definition) is 4. The lowest BCUT2D eigenvalue weighted by atomic mass is 10.1. The smallest absolute Gasteiger partial charge is 0.344 e. The summed E-state index contributed by atoms with van der Waals surface area (Å²) < 4.78 is 11.5. The minimum absolute atomic E-state index is 0.212. The van der Waals surface area contributed by atoms with Crippen molar-refractivity contribution in [3.8, 4) is 5.75 Å². The molecule has 4 nitrogen and oxygen atoms in total. The molecular formula is C19H19NO3. The fourth-order valence-corrected chi connectivity index (χ4v) is 3.20. The van der Waals surface area contributed by atoms with Crippen molar-refractivity contribution in [2.24, 2.45) is 0 Å². The summed E-state index contributed by atoms with van der Waals surface area (Å²) in [5, 5.41) is 5.76. The average molecular weight is 309 g/mol. The highest BCUT2D eigenvalue weighted by Gasteiger charge is 2.15. The molecule has 2 heterocycles. The maximum Gasteiger partial charge on any atom is 0.344 e. The number of piperidine rings is 1. The quantitative estimate of drug-likeness (QED) is 0.582. The molecule has 4 heteroatoms. The van der Waals surface area contributed by atoms with Gasteiger partial charge in [0.2, 0.25) is 0 Å². The highest BCUT2D eigenvalue weighted by Crippen LogP contribution is 2.27. The van der Waals surface area contributed by atoms with Gasteiger partial charge in [0.15, 0.2) is 0 Å². The van der Waals surface area contributed by atoms with E-state index in [1.807, 2.05) is 43.3 Å². The molecule has 4 rings (SSSR count). The van der Waals surface area contributed by atoms with Gasteiger partial charge in [-0.25, -0.2) is 4.79 Å². The maximum absolute atomic E-state index is 12.3. The van der Waals surface area contributed by atoms with E-state index in [-0.39, 0.29) is 11.7 Å². The Morgan fingerprint density at radius 1 is 1.04 bits per heavy atom. The molecule has 0 atom stereocenters. The second-order valence-corrected chi connectivity index (χ2v) is 6.16. The minimum Gasteiger partial charge on any atom is -0.490 e. The fraction of sp³-hybridized carbons (Fsp3) is 0.316. The van der Waals surface area contributed by atoms with Gasteiger partial charge in [0.25, 0.3) is 0 Å². The van der Waals surface area contributed by atoms with Crippen LogP contribution in [0.4, 0.5) is 0 Å². The van der Waals surface area contributed by atoms with Crippen molar-refractivity contribution >= 4 is 21.7 Å². The monoisotopic (exact) mass is 309 g/mol. The van der Waals surface area contributed by atoms with Crippen LogP contribution >= 0.6 is 0 Å². The van der Waals surface area contributed by atoms with Gasteiger partial charge in [0.05, 0.1) is 5.39 Å². The van der Waals surface area contributed by atoms with Crippen LogP contribution in [0.25, 0.3) is 21.7 Å². The molecule has 0 spiro atoms. The van der Waals surface area contributed by atoms with Gasteiger partial charge in [-0.3, -0.25) is 0 Å². The number of aryl methyl sites for hydroxylation is 1. The third-order valence-corrected chi connectivity index (χ3v) is 4.43. The Kier molecular flexibility index (Phi) is 3.54. The summed E-state index contributed by atoms with van der Waals surface area (Å²) >= 11 is 0. The van der Waals surface area contributed by atoms with Crippen LogP contribution in [-0.4, -0.2) is 19.2 Å².